The molecule has 0 aliphatic carbocycles. The average molecular weight is 746 g/mol. The topological polar surface area (TPSA) is 157 Å². The van der Waals surface area contributed by atoms with Crippen LogP contribution in [0.3, 0.4) is 0 Å². The van der Waals surface area contributed by atoms with Crippen LogP contribution < -0.4 is 9.47 Å². The molecule has 0 fully saturated rings. The fourth-order valence-electron chi connectivity index (χ4n) is 5.93. The summed E-state index contributed by atoms with van der Waals surface area (Å²) >= 11 is 0. The van der Waals surface area contributed by atoms with Crippen molar-refractivity contribution in [2.75, 3.05) is 13.2 Å². The van der Waals surface area contributed by atoms with Crippen LogP contribution in [0.2, 0.25) is 0 Å². The number of phenols is 2. The van der Waals surface area contributed by atoms with Gasteiger partial charge in [-0.2, -0.15) is 0 Å². The molecule has 294 valence electrons. The summed E-state index contributed by atoms with van der Waals surface area (Å²) in [6.07, 6.45) is 8.58. The molecule has 4 atom stereocenters. The quantitative estimate of drug-likeness (QED) is 0.0536. The number of benzene rings is 3. The van der Waals surface area contributed by atoms with Crippen molar-refractivity contribution in [2.24, 2.45) is 11.8 Å². The molecule has 11 nitrogen and oxygen atoms in total. The van der Waals surface area contributed by atoms with Crippen LogP contribution in [0.4, 0.5) is 0 Å². The molecule has 0 amide bonds. The SMILES string of the molecule is CCCCC(CC)COC(O)(CC)Oc1ccc(-c2nc(-c3ccccc3)nc(-c3ccc(OC(O)(CC)OCC(CC)CCCC)cc3O)n2)c(O)c1. The van der Waals surface area contributed by atoms with E-state index in [9.17, 15) is 20.4 Å². The fraction of sp³-hybridized carbons (Fsp3) is 0.512. The summed E-state index contributed by atoms with van der Waals surface area (Å²) in [4.78, 5) is 14.0. The van der Waals surface area contributed by atoms with Crippen molar-refractivity contribution in [1.82, 2.24) is 15.0 Å². The highest BCUT2D eigenvalue weighted by molar-refractivity contribution is 5.72. The predicted octanol–water partition coefficient (Wildman–Crippen LogP) is 9.62. The number of phenolic OH excluding ortho intramolecular Hbond substituents is 2. The normalized spacial score (nSPS) is 14.9. The molecule has 4 rings (SSSR count). The van der Waals surface area contributed by atoms with Gasteiger partial charge in [0, 0.05) is 30.5 Å². The number of ether oxygens (including phenoxy) is 4. The van der Waals surface area contributed by atoms with Crippen molar-refractivity contribution in [1.29, 1.82) is 0 Å². The van der Waals surface area contributed by atoms with Gasteiger partial charge in [0.05, 0.1) is 24.3 Å². The van der Waals surface area contributed by atoms with Crippen molar-refractivity contribution in [3.63, 3.8) is 0 Å². The summed E-state index contributed by atoms with van der Waals surface area (Å²) in [5.74, 6) is -2.50. The molecule has 4 N–H and O–H groups in total. The number of hydrogen-bond donors (Lipinski definition) is 4. The summed E-state index contributed by atoms with van der Waals surface area (Å²) in [5.41, 5.74) is 1.26. The molecule has 0 aliphatic rings. The third-order valence-corrected chi connectivity index (χ3v) is 9.71. The molecular formula is C43H59N3O8. The van der Waals surface area contributed by atoms with Crippen molar-refractivity contribution in [3.05, 3.63) is 66.7 Å². The predicted molar refractivity (Wildman–Crippen MR) is 210 cm³/mol. The summed E-state index contributed by atoms with van der Waals surface area (Å²) in [5, 5.41) is 44.8. The van der Waals surface area contributed by atoms with E-state index in [0.717, 1.165) is 51.4 Å². The van der Waals surface area contributed by atoms with Crippen LogP contribution in [0.5, 0.6) is 23.0 Å². The van der Waals surface area contributed by atoms with E-state index in [1.54, 1.807) is 38.1 Å². The summed E-state index contributed by atoms with van der Waals surface area (Å²) < 4.78 is 23.5. The number of hydrogen-bond acceptors (Lipinski definition) is 11. The van der Waals surface area contributed by atoms with Crippen LogP contribution in [0.1, 0.15) is 106 Å². The molecule has 0 bridgehead atoms. The summed E-state index contributed by atoms with van der Waals surface area (Å²) in [6, 6.07) is 18.5. The Balaban J connectivity index is 1.61. The van der Waals surface area contributed by atoms with Crippen LogP contribution in [0.15, 0.2) is 66.7 Å². The first-order valence-electron chi connectivity index (χ1n) is 19.6. The molecular weight excluding hydrogens is 686 g/mol. The van der Waals surface area contributed by atoms with E-state index in [1.807, 2.05) is 30.3 Å². The van der Waals surface area contributed by atoms with Gasteiger partial charge in [0.2, 0.25) is 0 Å². The van der Waals surface area contributed by atoms with Gasteiger partial charge >= 0.3 is 11.9 Å². The Bertz CT molecular complexity index is 1640. The van der Waals surface area contributed by atoms with Gasteiger partial charge in [-0.25, -0.2) is 15.0 Å². The lowest BCUT2D eigenvalue weighted by Gasteiger charge is -2.29. The van der Waals surface area contributed by atoms with Gasteiger partial charge in [-0.1, -0.05) is 110 Å². The molecule has 54 heavy (non-hydrogen) atoms. The van der Waals surface area contributed by atoms with Crippen molar-refractivity contribution >= 4 is 0 Å². The number of aromatic nitrogens is 3. The fourth-order valence-corrected chi connectivity index (χ4v) is 5.93. The largest absolute Gasteiger partial charge is 0.507 e. The monoisotopic (exact) mass is 745 g/mol. The highest BCUT2D eigenvalue weighted by atomic mass is 16.8. The number of unbranched alkanes of at least 4 members (excludes halogenated alkanes) is 2. The molecule has 1 heterocycles. The molecule has 1 aromatic heterocycles. The van der Waals surface area contributed by atoms with Crippen molar-refractivity contribution in [2.45, 2.75) is 118 Å². The maximum atomic E-state index is 11.2. The number of rotatable bonds is 23. The van der Waals surface area contributed by atoms with E-state index in [0.29, 0.717) is 36.4 Å². The summed E-state index contributed by atoms with van der Waals surface area (Å²) in [7, 11) is 0. The highest BCUT2D eigenvalue weighted by Gasteiger charge is 2.31. The Labute approximate surface area is 320 Å². The van der Waals surface area contributed by atoms with Crippen LogP contribution in [0.25, 0.3) is 34.2 Å². The maximum absolute atomic E-state index is 11.2. The smallest absolute Gasteiger partial charge is 0.324 e. The average Bonchev–Trinajstić information content (AvgIpc) is 3.18. The Morgan fingerprint density at radius 3 is 1.37 bits per heavy atom. The number of nitrogens with zero attached hydrogens (tertiary/aromatic N) is 3. The van der Waals surface area contributed by atoms with Crippen LogP contribution >= 0.6 is 0 Å². The minimum Gasteiger partial charge on any atom is -0.507 e. The number of aliphatic hydroxyl groups is 2. The molecule has 0 saturated carbocycles. The van der Waals surface area contributed by atoms with Gasteiger partial charge in [0.25, 0.3) is 0 Å². The van der Waals surface area contributed by atoms with E-state index in [2.05, 4.69) is 42.6 Å². The standard InChI is InChI=1S/C43H59N3O8/c1-7-13-18-30(9-3)28-51-42(49,11-5)53-33-22-24-35(37(47)26-33)40-44-39(32-20-16-15-17-21-32)45-41(46-40)36-25-23-34(27-38(36)48)54-43(50,12-6)52-29-31(10-4)19-14-8-2/h15-17,20-27,30-31,47-50H,7-14,18-19,28-29H2,1-6H3. The molecule has 11 heteroatoms. The zero-order valence-corrected chi connectivity index (χ0v) is 32.8. The Hall–Kier alpha value is -4.29. The van der Waals surface area contributed by atoms with Gasteiger partial charge < -0.3 is 39.4 Å². The van der Waals surface area contributed by atoms with E-state index < -0.39 is 11.9 Å². The minimum atomic E-state index is -1.87. The van der Waals surface area contributed by atoms with Crippen molar-refractivity contribution < 1.29 is 39.4 Å². The van der Waals surface area contributed by atoms with E-state index in [-0.39, 0.29) is 58.6 Å². The lowest BCUT2D eigenvalue weighted by molar-refractivity contribution is -0.325. The summed E-state index contributed by atoms with van der Waals surface area (Å²) in [6.45, 7) is 12.7. The van der Waals surface area contributed by atoms with Gasteiger partial charge in [-0.05, 0) is 48.9 Å². The van der Waals surface area contributed by atoms with E-state index >= 15 is 0 Å². The second-order valence-electron chi connectivity index (χ2n) is 13.8. The first-order chi connectivity index (χ1) is 26.0. The molecule has 4 unspecified atom stereocenters. The minimum absolute atomic E-state index is 0.147. The van der Waals surface area contributed by atoms with E-state index in [1.165, 1.54) is 12.1 Å². The Kier molecular flexibility index (Phi) is 16.0. The zero-order chi connectivity index (χ0) is 39.1. The van der Waals surface area contributed by atoms with Crippen molar-refractivity contribution in [3.8, 4) is 57.2 Å². The zero-order valence-electron chi connectivity index (χ0n) is 32.8. The van der Waals surface area contributed by atoms with Crippen LogP contribution in [-0.2, 0) is 9.47 Å². The van der Waals surface area contributed by atoms with Crippen LogP contribution in [0, 0.1) is 11.8 Å². The molecule has 0 saturated heterocycles. The first-order valence-corrected chi connectivity index (χ1v) is 19.6. The van der Waals surface area contributed by atoms with Gasteiger partial charge in [-0.3, -0.25) is 0 Å². The number of aromatic hydroxyl groups is 2. The second kappa shape index (κ2) is 20.4. The molecule has 3 aromatic carbocycles. The Morgan fingerprint density at radius 1 is 0.574 bits per heavy atom. The Morgan fingerprint density at radius 2 is 1.00 bits per heavy atom. The molecule has 0 aliphatic heterocycles. The third-order valence-electron chi connectivity index (χ3n) is 9.71. The van der Waals surface area contributed by atoms with E-state index in [4.69, 9.17) is 18.9 Å². The highest BCUT2D eigenvalue weighted by Crippen LogP contribution is 2.37. The lowest BCUT2D eigenvalue weighted by atomic mass is 10.0. The second-order valence-corrected chi connectivity index (χ2v) is 13.8. The first kappa shape index (κ1) is 42.5. The van der Waals surface area contributed by atoms with Crippen LogP contribution in [-0.4, -0.2) is 60.5 Å². The lowest BCUT2D eigenvalue weighted by Crippen LogP contribution is -2.39. The molecule has 4 aromatic rings. The third kappa shape index (κ3) is 11.9. The molecule has 0 radical (unpaired) electrons. The van der Waals surface area contributed by atoms with Gasteiger partial charge in [0.1, 0.15) is 23.0 Å². The van der Waals surface area contributed by atoms with Gasteiger partial charge in [0.15, 0.2) is 17.5 Å². The molecule has 0 spiro atoms. The van der Waals surface area contributed by atoms with Gasteiger partial charge in [-0.15, -0.1) is 0 Å². The maximum Gasteiger partial charge on any atom is 0.324 e.